The summed E-state index contributed by atoms with van der Waals surface area (Å²) in [4.78, 5) is 17.7. The summed E-state index contributed by atoms with van der Waals surface area (Å²) < 4.78 is 37.3. The fraction of sp³-hybridized carbons (Fsp3) is 0.429. The number of hydrogen-bond acceptors (Lipinski definition) is 8. The molecule has 0 spiro atoms. The molecule has 1 aromatic carbocycles. The monoisotopic (exact) mass is 449 g/mol. The number of aliphatic hydroxyl groups is 1. The van der Waals surface area contributed by atoms with Gasteiger partial charge >= 0.3 is 5.97 Å². The summed E-state index contributed by atoms with van der Waals surface area (Å²) in [6.07, 6.45) is 2.16. The SMILES string of the molecule is CCOC(=O)c1ccc(OCC(O)CN2CCN(S(=O)(=O)c3cccnc3)CC2)cc1. The van der Waals surface area contributed by atoms with E-state index in [0.29, 0.717) is 50.6 Å². The van der Waals surface area contributed by atoms with Gasteiger partial charge in [-0.2, -0.15) is 4.31 Å². The van der Waals surface area contributed by atoms with Crippen LogP contribution in [0.1, 0.15) is 17.3 Å². The van der Waals surface area contributed by atoms with Gasteiger partial charge in [-0.05, 0) is 43.3 Å². The fourth-order valence-corrected chi connectivity index (χ4v) is 4.63. The maximum Gasteiger partial charge on any atom is 0.338 e. The zero-order valence-electron chi connectivity index (χ0n) is 17.4. The standard InChI is InChI=1S/C21H27N3O6S/c1-2-29-21(26)17-5-7-19(8-6-17)30-16-18(25)15-23-10-12-24(13-11-23)31(27,28)20-4-3-9-22-14-20/h3-9,14,18,25H,2,10-13,15-16H2,1H3. The Hall–Kier alpha value is -2.53. The van der Waals surface area contributed by atoms with Crippen molar-refractivity contribution in [3.63, 3.8) is 0 Å². The van der Waals surface area contributed by atoms with Crippen LogP contribution in [0, 0.1) is 0 Å². The molecular formula is C21H27N3O6S. The number of esters is 1. The van der Waals surface area contributed by atoms with Crippen LogP contribution in [-0.4, -0.2) is 85.7 Å². The molecule has 0 saturated carbocycles. The molecule has 3 rings (SSSR count). The lowest BCUT2D eigenvalue weighted by atomic mass is 10.2. The lowest BCUT2D eigenvalue weighted by Crippen LogP contribution is -2.50. The van der Waals surface area contributed by atoms with E-state index in [1.165, 1.54) is 22.8 Å². The number of pyridine rings is 1. The number of aliphatic hydroxyl groups excluding tert-OH is 1. The largest absolute Gasteiger partial charge is 0.491 e. The summed E-state index contributed by atoms with van der Waals surface area (Å²) in [6, 6.07) is 9.67. The average Bonchev–Trinajstić information content (AvgIpc) is 2.79. The first-order valence-corrected chi connectivity index (χ1v) is 11.5. The average molecular weight is 450 g/mol. The zero-order chi connectivity index (χ0) is 22.3. The Kier molecular flexibility index (Phi) is 7.97. The fourth-order valence-electron chi connectivity index (χ4n) is 3.25. The molecule has 1 N–H and O–H groups in total. The molecule has 0 amide bonds. The number of sulfonamides is 1. The van der Waals surface area contributed by atoms with Crippen LogP contribution in [0.25, 0.3) is 0 Å². The molecule has 1 unspecified atom stereocenters. The number of carbonyl (C=O) groups is 1. The van der Waals surface area contributed by atoms with Crippen LogP contribution in [0.3, 0.4) is 0 Å². The Bertz CT molecular complexity index is 945. The quantitative estimate of drug-likeness (QED) is 0.565. The molecule has 9 nitrogen and oxygen atoms in total. The van der Waals surface area contributed by atoms with Gasteiger partial charge in [0.15, 0.2) is 0 Å². The molecule has 1 saturated heterocycles. The van der Waals surface area contributed by atoms with Crippen LogP contribution < -0.4 is 4.74 Å². The first-order valence-electron chi connectivity index (χ1n) is 10.1. The zero-order valence-corrected chi connectivity index (χ0v) is 18.2. The summed E-state index contributed by atoms with van der Waals surface area (Å²) in [7, 11) is -3.55. The molecule has 1 fully saturated rings. The van der Waals surface area contributed by atoms with E-state index >= 15 is 0 Å². The molecule has 168 valence electrons. The summed E-state index contributed by atoms with van der Waals surface area (Å²) in [5.74, 6) is 0.151. The number of β-amino-alcohol motifs (C(OH)–C–C–N with tert-alkyl or cyclic N) is 1. The van der Waals surface area contributed by atoms with Crippen molar-refractivity contribution in [3.8, 4) is 5.75 Å². The van der Waals surface area contributed by atoms with Gasteiger partial charge in [-0.3, -0.25) is 9.88 Å². The second kappa shape index (κ2) is 10.7. The second-order valence-electron chi connectivity index (χ2n) is 7.10. The molecule has 10 heteroatoms. The Balaban J connectivity index is 1.43. The van der Waals surface area contributed by atoms with Crippen LogP contribution in [0.4, 0.5) is 0 Å². The number of ether oxygens (including phenoxy) is 2. The van der Waals surface area contributed by atoms with E-state index in [1.54, 1.807) is 37.3 Å². The van der Waals surface area contributed by atoms with Crippen molar-refractivity contribution in [2.24, 2.45) is 0 Å². The predicted octanol–water partition coefficient (Wildman–Crippen LogP) is 1.00. The molecule has 1 aliphatic rings. The van der Waals surface area contributed by atoms with Gasteiger partial charge in [0.25, 0.3) is 0 Å². The Labute approximate surface area is 182 Å². The van der Waals surface area contributed by atoms with Gasteiger partial charge in [0.2, 0.25) is 10.0 Å². The molecule has 1 atom stereocenters. The van der Waals surface area contributed by atoms with Crippen molar-refractivity contribution >= 4 is 16.0 Å². The highest BCUT2D eigenvalue weighted by atomic mass is 32.2. The minimum atomic E-state index is -3.55. The van der Waals surface area contributed by atoms with E-state index in [2.05, 4.69) is 4.98 Å². The normalized spacial score (nSPS) is 16.6. The lowest BCUT2D eigenvalue weighted by Gasteiger charge is -2.34. The number of aromatic nitrogens is 1. The highest BCUT2D eigenvalue weighted by Gasteiger charge is 2.29. The molecule has 31 heavy (non-hydrogen) atoms. The van der Waals surface area contributed by atoms with Gasteiger partial charge in [-0.1, -0.05) is 0 Å². The van der Waals surface area contributed by atoms with Crippen molar-refractivity contribution < 1.29 is 27.8 Å². The molecule has 1 aromatic heterocycles. The van der Waals surface area contributed by atoms with Gasteiger partial charge in [-0.25, -0.2) is 13.2 Å². The van der Waals surface area contributed by atoms with Crippen LogP contribution in [0.2, 0.25) is 0 Å². The van der Waals surface area contributed by atoms with E-state index in [4.69, 9.17) is 9.47 Å². The summed E-state index contributed by atoms with van der Waals surface area (Å²) >= 11 is 0. The number of carbonyl (C=O) groups excluding carboxylic acids is 1. The van der Waals surface area contributed by atoms with Gasteiger partial charge in [0.05, 0.1) is 12.2 Å². The third-order valence-electron chi connectivity index (χ3n) is 4.88. The van der Waals surface area contributed by atoms with Crippen molar-refractivity contribution in [2.45, 2.75) is 17.9 Å². The van der Waals surface area contributed by atoms with E-state index in [9.17, 15) is 18.3 Å². The third kappa shape index (κ3) is 6.23. The van der Waals surface area contributed by atoms with Crippen LogP contribution in [-0.2, 0) is 14.8 Å². The van der Waals surface area contributed by atoms with Crippen molar-refractivity contribution in [3.05, 3.63) is 54.4 Å². The maximum absolute atomic E-state index is 12.6. The van der Waals surface area contributed by atoms with Gasteiger partial charge in [0, 0.05) is 45.1 Å². The second-order valence-corrected chi connectivity index (χ2v) is 9.04. The number of piperazine rings is 1. The maximum atomic E-state index is 12.6. The summed E-state index contributed by atoms with van der Waals surface area (Å²) in [5, 5.41) is 10.3. The summed E-state index contributed by atoms with van der Waals surface area (Å²) in [6.45, 7) is 4.26. The molecule has 1 aliphatic heterocycles. The van der Waals surface area contributed by atoms with E-state index in [-0.39, 0.29) is 11.5 Å². The first kappa shape index (κ1) is 23.1. The smallest absolute Gasteiger partial charge is 0.338 e. The van der Waals surface area contributed by atoms with Crippen LogP contribution in [0.5, 0.6) is 5.75 Å². The Morgan fingerprint density at radius 2 is 1.87 bits per heavy atom. The summed E-state index contributed by atoms with van der Waals surface area (Å²) in [5.41, 5.74) is 0.439. The Morgan fingerprint density at radius 1 is 1.16 bits per heavy atom. The molecule has 0 aliphatic carbocycles. The van der Waals surface area contributed by atoms with E-state index < -0.39 is 22.1 Å². The van der Waals surface area contributed by atoms with Gasteiger partial charge in [0.1, 0.15) is 23.4 Å². The minimum absolute atomic E-state index is 0.0902. The van der Waals surface area contributed by atoms with E-state index in [0.717, 1.165) is 0 Å². The molecular weight excluding hydrogens is 422 g/mol. The number of nitrogens with zero attached hydrogens (tertiary/aromatic N) is 3. The number of benzene rings is 1. The first-order chi connectivity index (χ1) is 14.9. The molecule has 2 aromatic rings. The van der Waals surface area contributed by atoms with Crippen molar-refractivity contribution in [1.29, 1.82) is 0 Å². The number of hydrogen-bond donors (Lipinski definition) is 1. The van der Waals surface area contributed by atoms with Gasteiger partial charge in [-0.15, -0.1) is 0 Å². The number of rotatable bonds is 9. The molecule has 0 bridgehead atoms. The highest BCUT2D eigenvalue weighted by Crippen LogP contribution is 2.17. The molecule has 2 heterocycles. The minimum Gasteiger partial charge on any atom is -0.491 e. The van der Waals surface area contributed by atoms with E-state index in [1.807, 2.05) is 4.90 Å². The van der Waals surface area contributed by atoms with Crippen molar-refractivity contribution in [2.75, 3.05) is 45.9 Å². The van der Waals surface area contributed by atoms with Crippen LogP contribution in [0.15, 0.2) is 53.7 Å². The predicted molar refractivity (Wildman–Crippen MR) is 113 cm³/mol. The Morgan fingerprint density at radius 3 is 2.48 bits per heavy atom. The van der Waals surface area contributed by atoms with Crippen molar-refractivity contribution in [1.82, 2.24) is 14.2 Å². The third-order valence-corrected chi connectivity index (χ3v) is 6.76. The topological polar surface area (TPSA) is 109 Å². The van der Waals surface area contributed by atoms with Gasteiger partial charge < -0.3 is 14.6 Å². The highest BCUT2D eigenvalue weighted by molar-refractivity contribution is 7.89. The molecule has 0 radical (unpaired) electrons. The van der Waals surface area contributed by atoms with Crippen LogP contribution >= 0.6 is 0 Å². The lowest BCUT2D eigenvalue weighted by molar-refractivity contribution is 0.0523.